The molecule has 2 N–H and O–H groups in total. The van der Waals surface area contributed by atoms with Crippen LogP contribution in [0.4, 0.5) is 11.8 Å². The van der Waals surface area contributed by atoms with Gasteiger partial charge >= 0.3 is 0 Å². The molecule has 0 radical (unpaired) electrons. The second-order valence-corrected chi connectivity index (χ2v) is 7.55. The first-order valence-corrected chi connectivity index (χ1v) is 8.77. The van der Waals surface area contributed by atoms with Crippen LogP contribution in [0, 0.1) is 6.92 Å². The number of carbonyl (C=O) groups excluding carboxylic acids is 1. The number of hydrogen-bond acceptors (Lipinski definition) is 8. The summed E-state index contributed by atoms with van der Waals surface area (Å²) in [6.45, 7) is 1.76. The summed E-state index contributed by atoms with van der Waals surface area (Å²) in [7, 11) is -3.03. The summed E-state index contributed by atoms with van der Waals surface area (Å²) >= 11 is 0. The molecule has 0 saturated carbocycles. The second-order valence-electron chi connectivity index (χ2n) is 5.32. The lowest BCUT2D eigenvalue weighted by atomic mass is 10.2. The highest BCUT2D eigenvalue weighted by Gasteiger charge is 2.29. The van der Waals surface area contributed by atoms with Crippen molar-refractivity contribution in [2.24, 2.45) is 0 Å². The Morgan fingerprint density at radius 1 is 1.35 bits per heavy atom. The van der Waals surface area contributed by atoms with Gasteiger partial charge in [-0.05, 0) is 13.3 Å². The standard InChI is InChI=1S/C13H15N5O4S/c1-8-4-11(18-22-8)17-13-14-5-9(6-15-13)12(19)16-10-2-3-23(20,21)7-10/h4-6,10H,2-3,7H2,1H3,(H,16,19)(H,14,15,17,18). The fourth-order valence-electron chi connectivity index (χ4n) is 2.23. The van der Waals surface area contributed by atoms with Crippen molar-refractivity contribution in [1.29, 1.82) is 0 Å². The van der Waals surface area contributed by atoms with Crippen LogP contribution < -0.4 is 10.6 Å². The zero-order valence-electron chi connectivity index (χ0n) is 12.3. The highest BCUT2D eigenvalue weighted by atomic mass is 32.2. The van der Waals surface area contributed by atoms with E-state index in [4.69, 9.17) is 4.52 Å². The number of aromatic nitrogens is 3. The Morgan fingerprint density at radius 2 is 2.09 bits per heavy atom. The fraction of sp³-hybridized carbons (Fsp3) is 0.385. The van der Waals surface area contributed by atoms with E-state index in [0.717, 1.165) is 0 Å². The molecule has 2 aromatic heterocycles. The SMILES string of the molecule is Cc1cc(Nc2ncc(C(=O)NC3CCS(=O)(=O)C3)cn2)no1. The van der Waals surface area contributed by atoms with E-state index >= 15 is 0 Å². The lowest BCUT2D eigenvalue weighted by Crippen LogP contribution is -2.35. The maximum Gasteiger partial charge on any atom is 0.254 e. The Kier molecular flexibility index (Phi) is 3.99. The third kappa shape index (κ3) is 3.83. The van der Waals surface area contributed by atoms with Gasteiger partial charge in [-0.2, -0.15) is 0 Å². The van der Waals surface area contributed by atoms with Crippen molar-refractivity contribution in [2.75, 3.05) is 16.8 Å². The summed E-state index contributed by atoms with van der Waals surface area (Å²) in [5.41, 5.74) is 0.260. The fourth-order valence-corrected chi connectivity index (χ4v) is 3.90. The van der Waals surface area contributed by atoms with Crippen LogP contribution in [0.2, 0.25) is 0 Å². The number of nitrogens with zero attached hydrogens (tertiary/aromatic N) is 3. The molecule has 1 aliphatic heterocycles. The molecule has 10 heteroatoms. The molecular formula is C13H15N5O4S. The summed E-state index contributed by atoms with van der Waals surface area (Å²) in [5.74, 6) is 1.08. The molecule has 23 heavy (non-hydrogen) atoms. The molecule has 1 fully saturated rings. The van der Waals surface area contributed by atoms with Crippen LogP contribution in [-0.2, 0) is 9.84 Å². The van der Waals surface area contributed by atoms with Gasteiger partial charge in [0.2, 0.25) is 5.95 Å². The minimum atomic E-state index is -3.03. The molecule has 0 aliphatic carbocycles. The molecule has 9 nitrogen and oxygen atoms in total. The predicted octanol–water partition coefficient (Wildman–Crippen LogP) is 0.434. The van der Waals surface area contributed by atoms with Gasteiger partial charge < -0.3 is 15.2 Å². The molecule has 0 spiro atoms. The number of sulfone groups is 1. The van der Waals surface area contributed by atoms with Gasteiger partial charge in [-0.1, -0.05) is 5.16 Å². The molecule has 1 amide bonds. The molecular weight excluding hydrogens is 322 g/mol. The number of nitrogens with one attached hydrogen (secondary N) is 2. The Hall–Kier alpha value is -2.49. The van der Waals surface area contributed by atoms with Crippen LogP contribution in [0.5, 0.6) is 0 Å². The minimum absolute atomic E-state index is 0.0231. The third-order valence-corrected chi connectivity index (χ3v) is 5.12. The Morgan fingerprint density at radius 3 is 2.65 bits per heavy atom. The Bertz CT molecular complexity index is 815. The van der Waals surface area contributed by atoms with Crippen LogP contribution in [0.3, 0.4) is 0 Å². The summed E-state index contributed by atoms with van der Waals surface area (Å²) < 4.78 is 27.7. The summed E-state index contributed by atoms with van der Waals surface area (Å²) in [6.07, 6.45) is 3.15. The lowest BCUT2D eigenvalue weighted by molar-refractivity contribution is 0.0940. The molecule has 1 atom stereocenters. The number of hydrogen-bond donors (Lipinski definition) is 2. The van der Waals surface area contributed by atoms with Crippen LogP contribution >= 0.6 is 0 Å². The highest BCUT2D eigenvalue weighted by molar-refractivity contribution is 7.91. The summed E-state index contributed by atoms with van der Waals surface area (Å²) in [4.78, 5) is 20.1. The van der Waals surface area contributed by atoms with Crippen molar-refractivity contribution >= 4 is 27.5 Å². The van der Waals surface area contributed by atoms with Gasteiger partial charge in [0.1, 0.15) is 5.76 Å². The topological polar surface area (TPSA) is 127 Å². The first-order valence-electron chi connectivity index (χ1n) is 6.95. The quantitative estimate of drug-likeness (QED) is 0.822. The molecule has 122 valence electrons. The normalized spacial score (nSPS) is 19.4. The largest absolute Gasteiger partial charge is 0.360 e. The number of rotatable bonds is 4. The number of carbonyl (C=O) groups is 1. The van der Waals surface area contributed by atoms with Gasteiger partial charge in [0, 0.05) is 24.5 Å². The van der Waals surface area contributed by atoms with E-state index in [1.807, 2.05) is 0 Å². The second kappa shape index (κ2) is 5.95. The Labute approximate surface area is 132 Å². The molecule has 1 saturated heterocycles. The van der Waals surface area contributed by atoms with E-state index in [0.29, 0.717) is 18.0 Å². The molecule has 3 heterocycles. The number of amides is 1. The average Bonchev–Trinajstić information content (AvgIpc) is 3.05. The zero-order valence-corrected chi connectivity index (χ0v) is 13.1. The van der Waals surface area contributed by atoms with Crippen molar-refractivity contribution in [2.45, 2.75) is 19.4 Å². The first-order chi connectivity index (χ1) is 10.9. The van der Waals surface area contributed by atoms with Gasteiger partial charge in [-0.3, -0.25) is 4.79 Å². The van der Waals surface area contributed by atoms with Crippen LogP contribution in [0.1, 0.15) is 22.5 Å². The van der Waals surface area contributed by atoms with Gasteiger partial charge in [-0.15, -0.1) is 0 Å². The Balaban J connectivity index is 1.61. The van der Waals surface area contributed by atoms with Crippen molar-refractivity contribution in [1.82, 2.24) is 20.4 Å². The van der Waals surface area contributed by atoms with Gasteiger partial charge in [0.25, 0.3) is 5.91 Å². The lowest BCUT2D eigenvalue weighted by Gasteiger charge is -2.10. The van der Waals surface area contributed by atoms with Gasteiger partial charge in [0.05, 0.1) is 17.1 Å². The van der Waals surface area contributed by atoms with E-state index in [-0.39, 0.29) is 29.1 Å². The smallest absolute Gasteiger partial charge is 0.254 e. The molecule has 3 rings (SSSR count). The van der Waals surface area contributed by atoms with Crippen LogP contribution in [0.25, 0.3) is 0 Å². The average molecular weight is 337 g/mol. The van der Waals surface area contributed by atoms with E-state index < -0.39 is 15.7 Å². The van der Waals surface area contributed by atoms with Crippen LogP contribution in [-0.4, -0.2) is 47.0 Å². The van der Waals surface area contributed by atoms with Crippen molar-refractivity contribution in [3.63, 3.8) is 0 Å². The third-order valence-electron chi connectivity index (χ3n) is 3.35. The predicted molar refractivity (Wildman–Crippen MR) is 81.1 cm³/mol. The maximum atomic E-state index is 12.1. The first kappa shape index (κ1) is 15.4. The molecule has 0 aromatic carbocycles. The van der Waals surface area contributed by atoms with Crippen molar-refractivity contribution < 1.29 is 17.7 Å². The minimum Gasteiger partial charge on any atom is -0.360 e. The highest BCUT2D eigenvalue weighted by Crippen LogP contribution is 2.14. The van der Waals surface area contributed by atoms with Crippen LogP contribution in [0.15, 0.2) is 23.0 Å². The summed E-state index contributed by atoms with van der Waals surface area (Å²) in [6, 6.07) is 1.33. The van der Waals surface area contributed by atoms with E-state index in [1.165, 1.54) is 12.4 Å². The van der Waals surface area contributed by atoms with Gasteiger partial charge in [0.15, 0.2) is 15.7 Å². The zero-order chi connectivity index (χ0) is 16.4. The van der Waals surface area contributed by atoms with Crippen molar-refractivity contribution in [3.8, 4) is 0 Å². The monoisotopic (exact) mass is 337 g/mol. The molecule has 1 unspecified atom stereocenters. The van der Waals surface area contributed by atoms with Gasteiger partial charge in [-0.25, -0.2) is 18.4 Å². The summed E-state index contributed by atoms with van der Waals surface area (Å²) in [5, 5.41) is 9.26. The number of aryl methyl sites for hydroxylation is 1. The molecule has 1 aliphatic rings. The molecule has 2 aromatic rings. The van der Waals surface area contributed by atoms with E-state index in [1.54, 1.807) is 13.0 Å². The number of anilines is 2. The molecule has 0 bridgehead atoms. The van der Waals surface area contributed by atoms with Crippen molar-refractivity contribution in [3.05, 3.63) is 29.8 Å². The van der Waals surface area contributed by atoms with E-state index in [9.17, 15) is 13.2 Å². The maximum absolute atomic E-state index is 12.1. The van der Waals surface area contributed by atoms with E-state index in [2.05, 4.69) is 25.8 Å².